The molecule has 0 radical (unpaired) electrons. The van der Waals surface area contributed by atoms with Crippen LogP contribution < -0.4 is 10.6 Å². The minimum atomic E-state index is -0.133. The molecule has 2 amide bonds. The molecule has 3 aromatic carbocycles. The maximum absolute atomic E-state index is 12.1. The van der Waals surface area contributed by atoms with Gasteiger partial charge in [-0.25, -0.2) is 4.79 Å². The monoisotopic (exact) mass is 318 g/mol. The standard InChI is InChI=1S/C21H22N2O/c1-16(17-8-3-2-4-9-17)23-21(24)22-15-14-19-12-7-11-18-10-5-6-13-20(18)19/h2-13,16H,14-15H2,1H3,(H2,22,23,24). The van der Waals surface area contributed by atoms with Gasteiger partial charge in [-0.05, 0) is 35.2 Å². The number of fused-ring (bicyclic) bond motifs is 1. The van der Waals surface area contributed by atoms with Crippen LogP contribution >= 0.6 is 0 Å². The molecule has 0 aliphatic rings. The molecule has 3 aromatic rings. The summed E-state index contributed by atoms with van der Waals surface area (Å²) in [6.07, 6.45) is 0.814. The van der Waals surface area contributed by atoms with Crippen LogP contribution in [0.1, 0.15) is 24.1 Å². The summed E-state index contributed by atoms with van der Waals surface area (Å²) in [7, 11) is 0. The minimum absolute atomic E-state index is 0.0104. The molecule has 0 saturated heterocycles. The first-order valence-corrected chi connectivity index (χ1v) is 8.30. The molecule has 0 saturated carbocycles. The van der Waals surface area contributed by atoms with Gasteiger partial charge < -0.3 is 10.6 Å². The Labute approximate surface area is 142 Å². The van der Waals surface area contributed by atoms with E-state index < -0.39 is 0 Å². The van der Waals surface area contributed by atoms with Crippen molar-refractivity contribution in [1.82, 2.24) is 10.6 Å². The summed E-state index contributed by atoms with van der Waals surface area (Å²) >= 11 is 0. The lowest BCUT2D eigenvalue weighted by atomic mass is 10.0. The minimum Gasteiger partial charge on any atom is -0.338 e. The molecule has 3 rings (SSSR count). The van der Waals surface area contributed by atoms with E-state index in [2.05, 4.69) is 41.0 Å². The van der Waals surface area contributed by atoms with Gasteiger partial charge in [-0.1, -0.05) is 72.8 Å². The van der Waals surface area contributed by atoms with Crippen LogP contribution in [0.25, 0.3) is 10.8 Å². The van der Waals surface area contributed by atoms with Crippen molar-refractivity contribution in [3.8, 4) is 0 Å². The zero-order valence-electron chi connectivity index (χ0n) is 13.8. The molecule has 0 aromatic heterocycles. The van der Waals surface area contributed by atoms with Crippen molar-refractivity contribution in [2.24, 2.45) is 0 Å². The van der Waals surface area contributed by atoms with Crippen LogP contribution in [-0.2, 0) is 6.42 Å². The molecule has 3 nitrogen and oxygen atoms in total. The Hall–Kier alpha value is -2.81. The number of hydrogen-bond donors (Lipinski definition) is 2. The average Bonchev–Trinajstić information content (AvgIpc) is 2.62. The predicted octanol–water partition coefficient (Wildman–Crippen LogP) is 4.44. The zero-order valence-corrected chi connectivity index (χ0v) is 13.8. The fourth-order valence-corrected chi connectivity index (χ4v) is 2.89. The fraction of sp³-hybridized carbons (Fsp3) is 0.190. The van der Waals surface area contributed by atoms with Crippen molar-refractivity contribution >= 4 is 16.8 Å². The van der Waals surface area contributed by atoms with Gasteiger partial charge in [0, 0.05) is 6.54 Å². The van der Waals surface area contributed by atoms with Gasteiger partial charge in [-0.15, -0.1) is 0 Å². The third kappa shape index (κ3) is 3.93. The smallest absolute Gasteiger partial charge is 0.315 e. The van der Waals surface area contributed by atoms with Gasteiger partial charge in [0.05, 0.1) is 6.04 Å². The molecule has 2 N–H and O–H groups in total. The van der Waals surface area contributed by atoms with Gasteiger partial charge in [-0.3, -0.25) is 0 Å². The summed E-state index contributed by atoms with van der Waals surface area (Å²) in [5.74, 6) is 0. The highest BCUT2D eigenvalue weighted by atomic mass is 16.2. The molecule has 1 atom stereocenters. The van der Waals surface area contributed by atoms with Crippen LogP contribution in [0.4, 0.5) is 4.79 Å². The second-order valence-electron chi connectivity index (χ2n) is 5.92. The Bertz CT molecular complexity index is 809. The highest BCUT2D eigenvalue weighted by molar-refractivity contribution is 5.85. The molecule has 0 spiro atoms. The fourth-order valence-electron chi connectivity index (χ4n) is 2.89. The number of carbonyl (C=O) groups is 1. The van der Waals surface area contributed by atoms with Gasteiger partial charge in [0.1, 0.15) is 0 Å². The number of carbonyl (C=O) groups excluding carboxylic acids is 1. The summed E-state index contributed by atoms with van der Waals surface area (Å²) in [5.41, 5.74) is 2.35. The van der Waals surface area contributed by atoms with E-state index >= 15 is 0 Å². The Morgan fingerprint density at radius 1 is 0.917 bits per heavy atom. The Balaban J connectivity index is 1.53. The topological polar surface area (TPSA) is 41.1 Å². The van der Waals surface area contributed by atoms with E-state index in [1.54, 1.807) is 0 Å². The first-order chi connectivity index (χ1) is 11.7. The SMILES string of the molecule is CC(NC(=O)NCCc1cccc2ccccc12)c1ccccc1. The first kappa shape index (κ1) is 16.1. The Morgan fingerprint density at radius 2 is 1.62 bits per heavy atom. The lowest BCUT2D eigenvalue weighted by molar-refractivity contribution is 0.238. The largest absolute Gasteiger partial charge is 0.338 e. The molecular weight excluding hydrogens is 296 g/mol. The highest BCUT2D eigenvalue weighted by Crippen LogP contribution is 2.18. The maximum atomic E-state index is 12.1. The molecule has 0 heterocycles. The molecule has 24 heavy (non-hydrogen) atoms. The van der Waals surface area contributed by atoms with Crippen LogP contribution in [0.2, 0.25) is 0 Å². The predicted molar refractivity (Wildman–Crippen MR) is 99.0 cm³/mol. The van der Waals surface area contributed by atoms with E-state index in [9.17, 15) is 4.79 Å². The Morgan fingerprint density at radius 3 is 2.46 bits per heavy atom. The lowest BCUT2D eigenvalue weighted by Gasteiger charge is -2.15. The number of amides is 2. The van der Waals surface area contributed by atoms with Crippen molar-refractivity contribution in [2.75, 3.05) is 6.54 Å². The van der Waals surface area contributed by atoms with Crippen LogP contribution in [0.5, 0.6) is 0 Å². The van der Waals surface area contributed by atoms with Crippen LogP contribution in [-0.4, -0.2) is 12.6 Å². The summed E-state index contributed by atoms with van der Waals surface area (Å²) in [6.45, 7) is 2.60. The van der Waals surface area contributed by atoms with E-state index in [0.717, 1.165) is 12.0 Å². The number of benzene rings is 3. The number of rotatable bonds is 5. The molecule has 0 fully saturated rings. The van der Waals surface area contributed by atoms with E-state index in [1.807, 2.05) is 49.4 Å². The normalized spacial score (nSPS) is 11.9. The third-order valence-electron chi connectivity index (χ3n) is 4.21. The quantitative estimate of drug-likeness (QED) is 0.717. The second kappa shape index (κ2) is 7.64. The molecule has 0 bridgehead atoms. The Kier molecular flexibility index (Phi) is 5.12. The molecule has 3 heteroatoms. The molecule has 122 valence electrons. The zero-order chi connectivity index (χ0) is 16.8. The van der Waals surface area contributed by atoms with Crippen LogP contribution in [0.15, 0.2) is 72.8 Å². The number of urea groups is 1. The summed E-state index contributed by atoms with van der Waals surface area (Å²) < 4.78 is 0. The third-order valence-corrected chi connectivity index (χ3v) is 4.21. The van der Waals surface area contributed by atoms with Crippen molar-refractivity contribution < 1.29 is 4.79 Å². The van der Waals surface area contributed by atoms with Crippen molar-refractivity contribution in [2.45, 2.75) is 19.4 Å². The molecule has 0 aliphatic heterocycles. The van der Waals surface area contributed by atoms with E-state index in [-0.39, 0.29) is 12.1 Å². The highest BCUT2D eigenvalue weighted by Gasteiger charge is 2.08. The molecule has 0 aliphatic carbocycles. The summed E-state index contributed by atoms with van der Waals surface area (Å²) in [4.78, 5) is 12.1. The lowest BCUT2D eigenvalue weighted by Crippen LogP contribution is -2.38. The van der Waals surface area contributed by atoms with Gasteiger partial charge in [0.2, 0.25) is 0 Å². The molecular formula is C21H22N2O. The second-order valence-corrected chi connectivity index (χ2v) is 5.92. The van der Waals surface area contributed by atoms with Crippen molar-refractivity contribution in [3.63, 3.8) is 0 Å². The van der Waals surface area contributed by atoms with E-state index in [4.69, 9.17) is 0 Å². The maximum Gasteiger partial charge on any atom is 0.315 e. The van der Waals surface area contributed by atoms with Gasteiger partial charge in [0.15, 0.2) is 0 Å². The number of nitrogens with one attached hydrogen (secondary N) is 2. The van der Waals surface area contributed by atoms with Crippen LogP contribution in [0, 0.1) is 0 Å². The van der Waals surface area contributed by atoms with Gasteiger partial charge in [0.25, 0.3) is 0 Å². The molecule has 1 unspecified atom stereocenters. The number of hydrogen-bond acceptors (Lipinski definition) is 1. The average molecular weight is 318 g/mol. The first-order valence-electron chi connectivity index (χ1n) is 8.30. The van der Waals surface area contributed by atoms with Crippen LogP contribution in [0.3, 0.4) is 0 Å². The van der Waals surface area contributed by atoms with E-state index in [1.165, 1.54) is 16.3 Å². The van der Waals surface area contributed by atoms with Crippen molar-refractivity contribution in [1.29, 1.82) is 0 Å². The van der Waals surface area contributed by atoms with E-state index in [0.29, 0.717) is 6.54 Å². The van der Waals surface area contributed by atoms with Gasteiger partial charge in [-0.2, -0.15) is 0 Å². The summed E-state index contributed by atoms with van der Waals surface area (Å²) in [6, 6.07) is 24.4. The summed E-state index contributed by atoms with van der Waals surface area (Å²) in [5, 5.41) is 8.40. The van der Waals surface area contributed by atoms with Crippen molar-refractivity contribution in [3.05, 3.63) is 83.9 Å². The van der Waals surface area contributed by atoms with Gasteiger partial charge >= 0.3 is 6.03 Å².